The molecule has 0 radical (unpaired) electrons. The summed E-state index contributed by atoms with van der Waals surface area (Å²) in [6.45, 7) is 3.99. The van der Waals surface area contributed by atoms with E-state index in [1.807, 2.05) is 13.8 Å². The SMILES string of the molecule is COc1cc(C(=O)NC(c2nc(C(=O)NC3CCC3)cs2)C(C)C)cc(OC)c1OC. The average molecular weight is 448 g/mol. The number of nitrogens with zero attached hydrogens (tertiary/aromatic N) is 1. The van der Waals surface area contributed by atoms with Crippen LogP contribution < -0.4 is 24.8 Å². The first-order valence-electron chi connectivity index (χ1n) is 10.2. The van der Waals surface area contributed by atoms with Gasteiger partial charge in [0.2, 0.25) is 5.75 Å². The van der Waals surface area contributed by atoms with E-state index in [0.717, 1.165) is 19.3 Å². The maximum Gasteiger partial charge on any atom is 0.270 e. The van der Waals surface area contributed by atoms with Gasteiger partial charge in [-0.05, 0) is 37.3 Å². The van der Waals surface area contributed by atoms with Crippen LogP contribution in [-0.4, -0.2) is 44.2 Å². The molecule has 0 bridgehead atoms. The molecule has 2 amide bonds. The fraction of sp³-hybridized carbons (Fsp3) is 0.500. The second-order valence-corrected chi connectivity index (χ2v) is 8.67. The predicted molar refractivity (Wildman–Crippen MR) is 118 cm³/mol. The quantitative estimate of drug-likeness (QED) is 0.610. The highest BCUT2D eigenvalue weighted by Crippen LogP contribution is 2.38. The molecule has 31 heavy (non-hydrogen) atoms. The van der Waals surface area contributed by atoms with Crippen LogP contribution in [0.4, 0.5) is 0 Å². The molecule has 1 aliphatic rings. The van der Waals surface area contributed by atoms with Gasteiger partial charge < -0.3 is 24.8 Å². The van der Waals surface area contributed by atoms with Crippen molar-refractivity contribution in [1.29, 1.82) is 0 Å². The summed E-state index contributed by atoms with van der Waals surface area (Å²) in [5.41, 5.74) is 0.763. The molecule has 1 saturated carbocycles. The maximum atomic E-state index is 13.0. The third-order valence-corrected chi connectivity index (χ3v) is 6.27. The number of amides is 2. The van der Waals surface area contributed by atoms with E-state index < -0.39 is 0 Å². The van der Waals surface area contributed by atoms with Gasteiger partial charge in [-0.3, -0.25) is 9.59 Å². The molecule has 1 heterocycles. The van der Waals surface area contributed by atoms with Crippen molar-refractivity contribution in [3.8, 4) is 17.2 Å². The summed E-state index contributed by atoms with van der Waals surface area (Å²) < 4.78 is 16.0. The van der Waals surface area contributed by atoms with Crippen LogP contribution >= 0.6 is 11.3 Å². The Balaban J connectivity index is 1.79. The van der Waals surface area contributed by atoms with Crippen molar-refractivity contribution < 1.29 is 23.8 Å². The van der Waals surface area contributed by atoms with Crippen LogP contribution in [0.25, 0.3) is 0 Å². The predicted octanol–water partition coefficient (Wildman–Crippen LogP) is 3.58. The Morgan fingerprint density at radius 3 is 2.19 bits per heavy atom. The van der Waals surface area contributed by atoms with Gasteiger partial charge in [0, 0.05) is 17.0 Å². The highest BCUT2D eigenvalue weighted by molar-refractivity contribution is 7.09. The van der Waals surface area contributed by atoms with Gasteiger partial charge in [-0.25, -0.2) is 4.98 Å². The van der Waals surface area contributed by atoms with Crippen LogP contribution in [-0.2, 0) is 0 Å². The van der Waals surface area contributed by atoms with Crippen LogP contribution in [0.3, 0.4) is 0 Å². The Morgan fingerprint density at radius 1 is 1.06 bits per heavy atom. The minimum absolute atomic E-state index is 0.0692. The number of carbonyl (C=O) groups is 2. The molecule has 1 fully saturated rings. The van der Waals surface area contributed by atoms with Crippen molar-refractivity contribution in [2.45, 2.75) is 45.2 Å². The van der Waals surface area contributed by atoms with Crippen LogP contribution in [0.1, 0.15) is 65.0 Å². The molecular weight excluding hydrogens is 418 g/mol. The van der Waals surface area contributed by atoms with E-state index in [-0.39, 0.29) is 29.8 Å². The Morgan fingerprint density at radius 2 is 1.71 bits per heavy atom. The summed E-state index contributed by atoms with van der Waals surface area (Å²) in [6.07, 6.45) is 3.18. The van der Waals surface area contributed by atoms with Gasteiger partial charge >= 0.3 is 0 Å². The normalized spacial score (nSPS) is 14.5. The molecule has 1 atom stereocenters. The number of nitrogens with one attached hydrogen (secondary N) is 2. The molecule has 9 heteroatoms. The molecule has 1 aliphatic carbocycles. The highest BCUT2D eigenvalue weighted by atomic mass is 32.1. The minimum Gasteiger partial charge on any atom is -0.493 e. The Bertz CT molecular complexity index is 914. The molecule has 2 aromatic rings. The van der Waals surface area contributed by atoms with Crippen LogP contribution in [0.15, 0.2) is 17.5 Å². The average Bonchev–Trinajstić information content (AvgIpc) is 3.22. The second-order valence-electron chi connectivity index (χ2n) is 7.78. The molecule has 8 nitrogen and oxygen atoms in total. The number of thiazole rings is 1. The molecular formula is C22H29N3O5S. The van der Waals surface area contributed by atoms with E-state index in [9.17, 15) is 9.59 Å². The smallest absolute Gasteiger partial charge is 0.270 e. The fourth-order valence-corrected chi connectivity index (χ4v) is 4.32. The fourth-order valence-electron chi connectivity index (χ4n) is 3.30. The van der Waals surface area contributed by atoms with Gasteiger partial charge in [0.1, 0.15) is 10.7 Å². The molecule has 0 saturated heterocycles. The van der Waals surface area contributed by atoms with Crippen molar-refractivity contribution in [3.63, 3.8) is 0 Å². The molecule has 1 aromatic heterocycles. The summed E-state index contributed by atoms with van der Waals surface area (Å²) in [7, 11) is 4.51. The summed E-state index contributed by atoms with van der Waals surface area (Å²) >= 11 is 1.37. The lowest BCUT2D eigenvalue weighted by Crippen LogP contribution is -2.39. The first-order chi connectivity index (χ1) is 14.9. The first-order valence-corrected chi connectivity index (χ1v) is 11.1. The van der Waals surface area contributed by atoms with Crippen LogP contribution in [0, 0.1) is 5.92 Å². The third-order valence-electron chi connectivity index (χ3n) is 5.34. The molecule has 3 rings (SSSR count). The van der Waals surface area contributed by atoms with E-state index in [4.69, 9.17) is 14.2 Å². The summed E-state index contributed by atoms with van der Waals surface area (Å²) in [5.74, 6) is 0.831. The third kappa shape index (κ3) is 5.10. The second kappa shape index (κ2) is 10.00. The monoisotopic (exact) mass is 447 g/mol. The summed E-state index contributed by atoms with van der Waals surface area (Å²) in [4.78, 5) is 29.9. The zero-order valence-electron chi connectivity index (χ0n) is 18.5. The molecule has 1 aromatic carbocycles. The topological polar surface area (TPSA) is 98.8 Å². The number of rotatable bonds is 9. The van der Waals surface area contributed by atoms with E-state index in [0.29, 0.717) is 33.5 Å². The summed E-state index contributed by atoms with van der Waals surface area (Å²) in [5, 5.41) is 8.45. The number of benzene rings is 1. The van der Waals surface area contributed by atoms with E-state index in [1.54, 1.807) is 17.5 Å². The van der Waals surface area contributed by atoms with E-state index in [2.05, 4.69) is 15.6 Å². The number of aromatic nitrogens is 1. The number of hydrogen-bond acceptors (Lipinski definition) is 7. The van der Waals surface area contributed by atoms with Gasteiger partial charge in [0.05, 0.1) is 27.4 Å². The van der Waals surface area contributed by atoms with Crippen molar-refractivity contribution >= 4 is 23.2 Å². The van der Waals surface area contributed by atoms with E-state index >= 15 is 0 Å². The number of methoxy groups -OCH3 is 3. The van der Waals surface area contributed by atoms with Crippen LogP contribution in [0.5, 0.6) is 17.2 Å². The zero-order valence-corrected chi connectivity index (χ0v) is 19.3. The van der Waals surface area contributed by atoms with Gasteiger partial charge in [0.25, 0.3) is 11.8 Å². The van der Waals surface area contributed by atoms with Gasteiger partial charge in [0.15, 0.2) is 11.5 Å². The Kier molecular flexibility index (Phi) is 7.37. The first kappa shape index (κ1) is 22.9. The zero-order chi connectivity index (χ0) is 22.5. The molecule has 1 unspecified atom stereocenters. The lowest BCUT2D eigenvalue weighted by Gasteiger charge is -2.25. The minimum atomic E-state index is -0.346. The molecule has 2 N–H and O–H groups in total. The van der Waals surface area contributed by atoms with Crippen molar-refractivity contribution in [2.75, 3.05) is 21.3 Å². The number of hydrogen-bond donors (Lipinski definition) is 2. The largest absolute Gasteiger partial charge is 0.493 e. The van der Waals surface area contributed by atoms with Crippen molar-refractivity contribution in [1.82, 2.24) is 15.6 Å². The highest BCUT2D eigenvalue weighted by Gasteiger charge is 2.26. The van der Waals surface area contributed by atoms with Gasteiger partial charge in [-0.15, -0.1) is 11.3 Å². The van der Waals surface area contributed by atoms with Gasteiger partial charge in [-0.1, -0.05) is 13.8 Å². The molecule has 0 spiro atoms. The molecule has 0 aliphatic heterocycles. The van der Waals surface area contributed by atoms with Gasteiger partial charge in [-0.2, -0.15) is 0 Å². The lowest BCUT2D eigenvalue weighted by molar-refractivity contribution is 0.0911. The van der Waals surface area contributed by atoms with Crippen LogP contribution in [0.2, 0.25) is 0 Å². The number of carbonyl (C=O) groups excluding carboxylic acids is 2. The molecule has 168 valence electrons. The number of ether oxygens (including phenoxy) is 3. The Hall–Kier alpha value is -2.81. The summed E-state index contributed by atoms with van der Waals surface area (Å²) in [6, 6.07) is 3.11. The van der Waals surface area contributed by atoms with E-state index in [1.165, 1.54) is 32.7 Å². The standard InChI is InChI=1S/C22H29N3O5S/c1-12(2)18(22-24-15(11-31-22)21(27)23-14-7-6-8-14)25-20(26)13-9-16(28-3)19(30-5)17(10-13)29-4/h9-12,14,18H,6-8H2,1-5H3,(H,23,27)(H,25,26). The Labute approximate surface area is 186 Å². The lowest BCUT2D eigenvalue weighted by atomic mass is 9.93. The van der Waals surface area contributed by atoms with Crippen molar-refractivity contribution in [3.05, 3.63) is 33.8 Å². The maximum absolute atomic E-state index is 13.0. The van der Waals surface area contributed by atoms with Crippen molar-refractivity contribution in [2.24, 2.45) is 5.92 Å².